The topological polar surface area (TPSA) is 54.4 Å². The first kappa shape index (κ1) is 18.9. The van der Waals surface area contributed by atoms with Crippen LogP contribution in [0.25, 0.3) is 0 Å². The molecule has 3 nitrogen and oxygen atoms in total. The molecule has 0 aliphatic heterocycles. The number of hydrogen-bond acceptors (Lipinski definition) is 2. The minimum absolute atomic E-state index is 0.215. The second kappa shape index (κ2) is 7.29. The SMILES string of the molecule is CCC1C(C(=O)O)CCC2CCC3C(=CC(=O)C4C5CCCCC5CCC34)C21. The van der Waals surface area contributed by atoms with Gasteiger partial charge in [-0.05, 0) is 92.4 Å². The summed E-state index contributed by atoms with van der Waals surface area (Å²) in [6, 6.07) is 0. The number of carboxylic acid groups (broad SMARTS) is 1. The first-order valence-electron chi connectivity index (χ1n) is 12.1. The molecule has 1 N–H and O–H groups in total. The standard InChI is InChI=1S/C25H36O3/c1-2-16-20(25(27)28)12-9-15-8-10-18-19-11-7-14-5-3-4-6-17(14)24(19)22(26)13-21(18)23(15)16/h13-20,23-24H,2-12H2,1H3,(H,27,28). The maximum atomic E-state index is 13.4. The predicted molar refractivity (Wildman–Crippen MR) is 109 cm³/mol. The molecule has 28 heavy (non-hydrogen) atoms. The molecular weight excluding hydrogens is 348 g/mol. The van der Waals surface area contributed by atoms with Gasteiger partial charge in [0.1, 0.15) is 0 Å². The molecule has 3 heteroatoms. The van der Waals surface area contributed by atoms with Crippen molar-refractivity contribution >= 4 is 11.8 Å². The molecule has 154 valence electrons. The molecule has 4 saturated carbocycles. The average Bonchev–Trinajstić information content (AvgIpc) is 2.72. The van der Waals surface area contributed by atoms with Gasteiger partial charge in [-0.3, -0.25) is 9.59 Å². The van der Waals surface area contributed by atoms with Gasteiger partial charge in [-0.1, -0.05) is 38.2 Å². The lowest BCUT2D eigenvalue weighted by atomic mass is 9.49. The van der Waals surface area contributed by atoms with Gasteiger partial charge in [0.25, 0.3) is 0 Å². The first-order chi connectivity index (χ1) is 13.6. The van der Waals surface area contributed by atoms with Crippen molar-refractivity contribution in [1.82, 2.24) is 0 Å². The molecule has 5 aliphatic rings. The zero-order valence-electron chi connectivity index (χ0n) is 17.3. The van der Waals surface area contributed by atoms with Crippen LogP contribution in [0.3, 0.4) is 0 Å². The van der Waals surface area contributed by atoms with E-state index in [1.807, 2.05) is 0 Å². The van der Waals surface area contributed by atoms with Crippen LogP contribution in [-0.4, -0.2) is 16.9 Å². The summed E-state index contributed by atoms with van der Waals surface area (Å²) in [4.78, 5) is 25.4. The van der Waals surface area contributed by atoms with Crippen molar-refractivity contribution in [2.75, 3.05) is 0 Å². The lowest BCUT2D eigenvalue weighted by Gasteiger charge is -2.55. The zero-order chi connectivity index (χ0) is 19.4. The van der Waals surface area contributed by atoms with E-state index in [0.717, 1.165) is 25.2 Å². The summed E-state index contributed by atoms with van der Waals surface area (Å²) in [6.07, 6.45) is 15.2. The number of carbonyl (C=O) groups excluding carboxylic acids is 1. The number of allylic oxidation sites excluding steroid dienone is 2. The summed E-state index contributed by atoms with van der Waals surface area (Å²) in [7, 11) is 0. The summed E-state index contributed by atoms with van der Waals surface area (Å²) < 4.78 is 0. The van der Waals surface area contributed by atoms with Gasteiger partial charge in [-0.2, -0.15) is 0 Å². The summed E-state index contributed by atoms with van der Waals surface area (Å²) in [5.41, 5.74) is 1.40. The van der Waals surface area contributed by atoms with Crippen molar-refractivity contribution in [3.05, 3.63) is 11.6 Å². The highest BCUT2D eigenvalue weighted by atomic mass is 16.4. The van der Waals surface area contributed by atoms with Gasteiger partial charge in [0.05, 0.1) is 5.92 Å². The summed E-state index contributed by atoms with van der Waals surface area (Å²) in [5, 5.41) is 9.81. The van der Waals surface area contributed by atoms with E-state index in [2.05, 4.69) is 13.0 Å². The Hall–Kier alpha value is -1.12. The van der Waals surface area contributed by atoms with Crippen LogP contribution >= 0.6 is 0 Å². The van der Waals surface area contributed by atoms with E-state index < -0.39 is 5.97 Å². The van der Waals surface area contributed by atoms with Crippen molar-refractivity contribution in [3.63, 3.8) is 0 Å². The second-order valence-corrected chi connectivity index (χ2v) is 10.6. The molecule has 9 unspecified atom stereocenters. The Labute approximate surface area is 169 Å². The van der Waals surface area contributed by atoms with Gasteiger partial charge in [-0.25, -0.2) is 0 Å². The number of fused-ring (bicyclic) bond motifs is 7. The van der Waals surface area contributed by atoms with Crippen LogP contribution in [0.4, 0.5) is 0 Å². The Morgan fingerprint density at radius 3 is 2.46 bits per heavy atom. The Morgan fingerprint density at radius 1 is 0.929 bits per heavy atom. The number of carbonyl (C=O) groups is 2. The quantitative estimate of drug-likeness (QED) is 0.685. The Morgan fingerprint density at radius 2 is 1.68 bits per heavy atom. The molecule has 0 saturated heterocycles. The second-order valence-electron chi connectivity index (χ2n) is 10.6. The van der Waals surface area contributed by atoms with E-state index in [0.29, 0.717) is 35.4 Å². The van der Waals surface area contributed by atoms with Gasteiger partial charge in [0.15, 0.2) is 5.78 Å². The number of ketones is 1. The molecule has 5 rings (SSSR count). The predicted octanol–water partition coefficient (Wildman–Crippen LogP) is 5.49. The van der Waals surface area contributed by atoms with Gasteiger partial charge in [-0.15, -0.1) is 0 Å². The highest BCUT2D eigenvalue weighted by Gasteiger charge is 2.54. The van der Waals surface area contributed by atoms with Crippen LogP contribution in [0.15, 0.2) is 11.6 Å². The fraction of sp³-hybridized carbons (Fsp3) is 0.840. The molecule has 0 heterocycles. The highest BCUT2D eigenvalue weighted by Crippen LogP contribution is 2.59. The third-order valence-corrected chi connectivity index (χ3v) is 9.70. The Balaban J connectivity index is 1.49. The maximum absolute atomic E-state index is 13.4. The molecule has 0 aromatic carbocycles. The number of rotatable bonds is 2. The lowest BCUT2D eigenvalue weighted by molar-refractivity contribution is -0.147. The molecule has 0 bridgehead atoms. The van der Waals surface area contributed by atoms with Crippen LogP contribution in [0.2, 0.25) is 0 Å². The summed E-state index contributed by atoms with van der Waals surface area (Å²) in [6.45, 7) is 2.16. The summed E-state index contributed by atoms with van der Waals surface area (Å²) >= 11 is 0. The first-order valence-corrected chi connectivity index (χ1v) is 12.1. The normalized spacial score (nSPS) is 47.8. The third-order valence-electron chi connectivity index (χ3n) is 9.70. The largest absolute Gasteiger partial charge is 0.481 e. The molecule has 5 aliphatic carbocycles. The van der Waals surface area contributed by atoms with Crippen LogP contribution in [0.1, 0.15) is 77.6 Å². The van der Waals surface area contributed by atoms with Crippen LogP contribution in [0.5, 0.6) is 0 Å². The van der Waals surface area contributed by atoms with Crippen LogP contribution in [-0.2, 0) is 9.59 Å². The molecule has 0 aromatic heterocycles. The van der Waals surface area contributed by atoms with Crippen molar-refractivity contribution in [2.24, 2.45) is 53.3 Å². The van der Waals surface area contributed by atoms with E-state index >= 15 is 0 Å². The van der Waals surface area contributed by atoms with Gasteiger partial charge in [0, 0.05) is 5.92 Å². The van der Waals surface area contributed by atoms with Gasteiger partial charge >= 0.3 is 5.97 Å². The minimum atomic E-state index is -0.615. The molecule has 0 aromatic rings. The van der Waals surface area contributed by atoms with Crippen molar-refractivity contribution in [2.45, 2.75) is 77.6 Å². The fourth-order valence-corrected chi connectivity index (χ4v) is 8.65. The van der Waals surface area contributed by atoms with Crippen LogP contribution < -0.4 is 0 Å². The van der Waals surface area contributed by atoms with E-state index in [9.17, 15) is 14.7 Å². The Bertz CT molecular complexity index is 679. The maximum Gasteiger partial charge on any atom is 0.306 e. The number of carboxylic acids is 1. The van der Waals surface area contributed by atoms with E-state index in [4.69, 9.17) is 0 Å². The monoisotopic (exact) mass is 384 g/mol. The zero-order valence-corrected chi connectivity index (χ0v) is 17.3. The molecule has 4 fully saturated rings. The molecule has 0 radical (unpaired) electrons. The van der Waals surface area contributed by atoms with Crippen molar-refractivity contribution in [1.29, 1.82) is 0 Å². The smallest absolute Gasteiger partial charge is 0.306 e. The third kappa shape index (κ3) is 2.82. The molecule has 0 amide bonds. The number of aliphatic carboxylic acids is 1. The number of hydrogen-bond donors (Lipinski definition) is 1. The molecular formula is C25H36O3. The van der Waals surface area contributed by atoms with Gasteiger partial charge < -0.3 is 5.11 Å². The van der Waals surface area contributed by atoms with Crippen molar-refractivity contribution in [3.8, 4) is 0 Å². The lowest BCUT2D eigenvalue weighted by Crippen LogP contribution is -2.51. The van der Waals surface area contributed by atoms with Gasteiger partial charge in [0.2, 0.25) is 0 Å². The molecule has 9 atom stereocenters. The average molecular weight is 385 g/mol. The van der Waals surface area contributed by atoms with E-state index in [1.165, 1.54) is 56.9 Å². The van der Waals surface area contributed by atoms with E-state index in [-0.39, 0.29) is 17.8 Å². The minimum Gasteiger partial charge on any atom is -0.481 e. The van der Waals surface area contributed by atoms with Crippen LogP contribution in [0, 0.1) is 53.3 Å². The highest BCUT2D eigenvalue weighted by molar-refractivity contribution is 5.94. The Kier molecular flexibility index (Phi) is 4.92. The summed E-state index contributed by atoms with van der Waals surface area (Å²) in [5.74, 6) is 3.60. The van der Waals surface area contributed by atoms with E-state index in [1.54, 1.807) is 0 Å². The fourth-order valence-electron chi connectivity index (χ4n) is 8.65. The van der Waals surface area contributed by atoms with Crippen molar-refractivity contribution < 1.29 is 14.7 Å². The molecule has 0 spiro atoms.